The highest BCUT2D eigenvalue weighted by molar-refractivity contribution is 7.17. The van der Waals surface area contributed by atoms with Crippen molar-refractivity contribution in [2.75, 3.05) is 13.2 Å². The molecule has 3 aromatic rings. The van der Waals surface area contributed by atoms with E-state index < -0.39 is 5.97 Å². The summed E-state index contributed by atoms with van der Waals surface area (Å²) in [6.07, 6.45) is 1.97. The molecule has 1 N–H and O–H groups in total. The number of hydrogen-bond acceptors (Lipinski definition) is 7. The van der Waals surface area contributed by atoms with E-state index in [-0.39, 0.29) is 12.2 Å². The van der Waals surface area contributed by atoms with E-state index in [9.17, 15) is 9.59 Å². The van der Waals surface area contributed by atoms with Crippen LogP contribution in [0, 0.1) is 0 Å². The lowest BCUT2D eigenvalue weighted by atomic mass is 10.2. The summed E-state index contributed by atoms with van der Waals surface area (Å²) in [5.41, 5.74) is 0.690. The maximum absolute atomic E-state index is 12.4. The van der Waals surface area contributed by atoms with Crippen molar-refractivity contribution in [1.29, 1.82) is 0 Å². The minimum atomic E-state index is -0.533. The zero-order chi connectivity index (χ0) is 19.9. The van der Waals surface area contributed by atoms with Crippen LogP contribution in [0.3, 0.4) is 0 Å². The smallest absolute Gasteiger partial charge is 0.338 e. The Morgan fingerprint density at radius 3 is 2.82 bits per heavy atom. The summed E-state index contributed by atoms with van der Waals surface area (Å²) < 4.78 is 17.2. The van der Waals surface area contributed by atoms with E-state index in [1.165, 1.54) is 11.3 Å². The molecule has 0 saturated heterocycles. The summed E-state index contributed by atoms with van der Waals surface area (Å²) in [5.74, 6) is 0.864. The number of rotatable bonds is 9. The molecule has 2 aromatic heterocycles. The summed E-state index contributed by atoms with van der Waals surface area (Å²) in [6, 6.07) is 6.69. The fourth-order valence-corrected chi connectivity index (χ4v) is 3.28. The van der Waals surface area contributed by atoms with Crippen molar-refractivity contribution < 1.29 is 19.0 Å². The minimum Gasteiger partial charge on any atom is -0.490 e. The molecule has 0 amide bonds. The molecule has 3 rings (SSSR count). The zero-order valence-corrected chi connectivity index (χ0v) is 16.6. The minimum absolute atomic E-state index is 0.126. The number of nitrogens with one attached hydrogen (secondary N) is 1. The van der Waals surface area contributed by atoms with Gasteiger partial charge in [0.05, 0.1) is 24.3 Å². The Morgan fingerprint density at radius 1 is 1.18 bits per heavy atom. The Labute approximate surface area is 166 Å². The fourth-order valence-electron chi connectivity index (χ4n) is 2.56. The summed E-state index contributed by atoms with van der Waals surface area (Å²) in [5, 5.41) is 1.79. The summed E-state index contributed by atoms with van der Waals surface area (Å²) in [7, 11) is 0. The lowest BCUT2D eigenvalue weighted by molar-refractivity contribution is 0.0461. The molecule has 28 heavy (non-hydrogen) atoms. The van der Waals surface area contributed by atoms with Gasteiger partial charge in [0.25, 0.3) is 5.56 Å². The van der Waals surface area contributed by atoms with E-state index in [0.717, 1.165) is 12.8 Å². The van der Waals surface area contributed by atoms with E-state index in [1.54, 1.807) is 29.6 Å². The highest BCUT2D eigenvalue weighted by Crippen LogP contribution is 2.29. The number of aromatic nitrogens is 2. The molecule has 0 spiro atoms. The molecule has 0 saturated carbocycles. The largest absolute Gasteiger partial charge is 0.490 e. The fraction of sp³-hybridized carbons (Fsp3) is 0.350. The Kier molecular flexibility index (Phi) is 6.65. The number of nitrogens with zero attached hydrogens (tertiary/aromatic N) is 1. The normalized spacial score (nSPS) is 10.8. The summed E-state index contributed by atoms with van der Waals surface area (Å²) >= 11 is 1.32. The Morgan fingerprint density at radius 2 is 2.04 bits per heavy atom. The number of carbonyl (C=O) groups excluding carboxylic acids is 1. The van der Waals surface area contributed by atoms with Crippen LogP contribution in [0.2, 0.25) is 0 Å². The van der Waals surface area contributed by atoms with Crippen molar-refractivity contribution in [3.63, 3.8) is 0 Å². The van der Waals surface area contributed by atoms with Gasteiger partial charge in [-0.3, -0.25) is 4.79 Å². The molecule has 2 heterocycles. The number of H-pyrrole nitrogens is 1. The van der Waals surface area contributed by atoms with Crippen molar-refractivity contribution in [3.8, 4) is 11.5 Å². The molecule has 0 aliphatic carbocycles. The average Bonchev–Trinajstić information content (AvgIpc) is 3.17. The number of carbonyl (C=O) groups is 1. The number of esters is 1. The monoisotopic (exact) mass is 402 g/mol. The molecule has 0 unspecified atom stereocenters. The zero-order valence-electron chi connectivity index (χ0n) is 15.8. The second-order valence-corrected chi connectivity index (χ2v) is 6.94. The van der Waals surface area contributed by atoms with Crippen molar-refractivity contribution in [2.45, 2.75) is 33.3 Å². The van der Waals surface area contributed by atoms with Gasteiger partial charge in [0, 0.05) is 0 Å². The predicted octanol–water partition coefficient (Wildman–Crippen LogP) is 3.92. The van der Waals surface area contributed by atoms with Crippen molar-refractivity contribution in [3.05, 3.63) is 51.4 Å². The number of aromatic amines is 1. The van der Waals surface area contributed by atoms with Crippen LogP contribution in [-0.2, 0) is 11.3 Å². The van der Waals surface area contributed by atoms with Crippen LogP contribution >= 0.6 is 11.3 Å². The first kappa shape index (κ1) is 19.9. The number of hydrogen-bond donors (Lipinski definition) is 1. The lowest BCUT2D eigenvalue weighted by Gasteiger charge is -2.13. The third-order valence-corrected chi connectivity index (χ3v) is 4.84. The second kappa shape index (κ2) is 9.36. The summed E-state index contributed by atoms with van der Waals surface area (Å²) in [6.45, 7) is 4.87. The van der Waals surface area contributed by atoms with Crippen LogP contribution < -0.4 is 15.0 Å². The van der Waals surface area contributed by atoms with E-state index >= 15 is 0 Å². The van der Waals surface area contributed by atoms with Gasteiger partial charge in [0.2, 0.25) is 0 Å². The van der Waals surface area contributed by atoms with Crippen LogP contribution in [0.25, 0.3) is 10.2 Å². The van der Waals surface area contributed by atoms with Crippen LogP contribution in [0.5, 0.6) is 11.5 Å². The second-order valence-electron chi connectivity index (χ2n) is 6.02. The molecule has 0 fully saturated rings. The van der Waals surface area contributed by atoms with E-state index in [0.29, 0.717) is 46.3 Å². The molecule has 8 heteroatoms. The van der Waals surface area contributed by atoms with Crippen LogP contribution in [-0.4, -0.2) is 29.2 Å². The molecule has 0 bridgehead atoms. The molecule has 148 valence electrons. The van der Waals surface area contributed by atoms with Gasteiger partial charge < -0.3 is 19.2 Å². The van der Waals surface area contributed by atoms with Crippen LogP contribution in [0.1, 0.15) is 42.9 Å². The number of ether oxygens (including phenoxy) is 3. The number of unbranched alkanes of at least 4 members (excludes halogenated alkanes) is 1. The molecular weight excluding hydrogens is 380 g/mol. The molecule has 0 aliphatic heterocycles. The Balaban J connectivity index is 1.70. The lowest BCUT2D eigenvalue weighted by Crippen LogP contribution is -2.13. The van der Waals surface area contributed by atoms with E-state index in [4.69, 9.17) is 14.2 Å². The van der Waals surface area contributed by atoms with E-state index in [1.807, 2.05) is 6.92 Å². The van der Waals surface area contributed by atoms with Gasteiger partial charge in [-0.2, -0.15) is 0 Å². The van der Waals surface area contributed by atoms with Crippen molar-refractivity contribution >= 4 is 27.5 Å². The molecule has 0 aliphatic rings. The average molecular weight is 402 g/mol. The van der Waals surface area contributed by atoms with Crippen LogP contribution in [0.15, 0.2) is 34.4 Å². The molecular formula is C20H22N2O5S. The Bertz CT molecular complexity index is 1010. The van der Waals surface area contributed by atoms with Gasteiger partial charge >= 0.3 is 5.97 Å². The van der Waals surface area contributed by atoms with Gasteiger partial charge in [-0.25, -0.2) is 9.78 Å². The van der Waals surface area contributed by atoms with Crippen LogP contribution in [0.4, 0.5) is 0 Å². The molecule has 0 radical (unpaired) electrons. The predicted molar refractivity (Wildman–Crippen MR) is 107 cm³/mol. The summed E-state index contributed by atoms with van der Waals surface area (Å²) in [4.78, 5) is 31.3. The standard InChI is InChI=1S/C20H22N2O5S/c1-3-5-9-26-15-7-6-13(11-16(15)25-4-2)20(24)27-12-17-21-14-8-10-28-18(14)19(23)22-17/h6-8,10-11H,3-5,9,12H2,1-2H3,(H,21,22,23). The van der Waals surface area contributed by atoms with Gasteiger partial charge in [0.1, 0.15) is 17.1 Å². The van der Waals surface area contributed by atoms with Crippen molar-refractivity contribution in [2.24, 2.45) is 0 Å². The number of fused-ring (bicyclic) bond motifs is 1. The topological polar surface area (TPSA) is 90.5 Å². The van der Waals surface area contributed by atoms with Crippen molar-refractivity contribution in [1.82, 2.24) is 9.97 Å². The van der Waals surface area contributed by atoms with Gasteiger partial charge in [-0.1, -0.05) is 13.3 Å². The third kappa shape index (κ3) is 4.69. The molecule has 1 aromatic carbocycles. The maximum Gasteiger partial charge on any atom is 0.338 e. The molecule has 7 nitrogen and oxygen atoms in total. The SMILES string of the molecule is CCCCOc1ccc(C(=O)OCc2nc3ccsc3c(=O)[nH]2)cc1OCC. The molecule has 0 atom stereocenters. The first-order valence-electron chi connectivity index (χ1n) is 9.15. The highest BCUT2D eigenvalue weighted by Gasteiger charge is 2.14. The Hall–Kier alpha value is -2.87. The quantitative estimate of drug-likeness (QED) is 0.431. The highest BCUT2D eigenvalue weighted by atomic mass is 32.1. The third-order valence-electron chi connectivity index (χ3n) is 3.94. The van der Waals surface area contributed by atoms with Gasteiger partial charge in [-0.05, 0) is 43.0 Å². The van der Waals surface area contributed by atoms with Gasteiger partial charge in [-0.15, -0.1) is 11.3 Å². The first-order chi connectivity index (χ1) is 13.6. The number of benzene rings is 1. The number of thiophene rings is 1. The van der Waals surface area contributed by atoms with Gasteiger partial charge in [0.15, 0.2) is 11.5 Å². The maximum atomic E-state index is 12.4. The van der Waals surface area contributed by atoms with E-state index in [2.05, 4.69) is 16.9 Å². The first-order valence-corrected chi connectivity index (χ1v) is 10.0.